The molecule has 1 aliphatic heterocycles. The second kappa shape index (κ2) is 6.74. The van der Waals surface area contributed by atoms with E-state index in [9.17, 15) is 18.4 Å². The van der Waals surface area contributed by atoms with Crippen molar-refractivity contribution in [1.82, 2.24) is 25.4 Å². The van der Waals surface area contributed by atoms with Gasteiger partial charge in [-0.1, -0.05) is 0 Å². The summed E-state index contributed by atoms with van der Waals surface area (Å²) >= 11 is 0. The predicted octanol–water partition coefficient (Wildman–Crippen LogP) is 2.60. The molecule has 0 radical (unpaired) electrons. The first-order valence-electron chi connectivity index (χ1n) is 9.39. The molecule has 1 amide bonds. The summed E-state index contributed by atoms with van der Waals surface area (Å²) in [6, 6.07) is 6.68. The Labute approximate surface area is 168 Å². The molecule has 2 aromatic heterocycles. The highest BCUT2D eigenvalue weighted by atomic mass is 19.2. The van der Waals surface area contributed by atoms with Crippen molar-refractivity contribution >= 4 is 27.6 Å². The number of H-pyrrole nitrogens is 2. The third-order valence-corrected chi connectivity index (χ3v) is 5.63. The molecule has 4 aromatic rings. The van der Waals surface area contributed by atoms with Crippen LogP contribution in [-0.2, 0) is 6.54 Å². The maximum atomic E-state index is 14.0. The van der Waals surface area contributed by atoms with Crippen molar-refractivity contribution in [2.24, 2.45) is 0 Å². The van der Waals surface area contributed by atoms with Crippen LogP contribution in [0.1, 0.15) is 27.7 Å². The second-order valence-corrected chi connectivity index (χ2v) is 7.39. The lowest BCUT2D eigenvalue weighted by atomic mass is 9.93. The lowest BCUT2D eigenvalue weighted by Gasteiger charge is -2.34. The minimum atomic E-state index is -1.09. The Hall–Kier alpha value is -3.59. The number of pyridine rings is 1. The van der Waals surface area contributed by atoms with Gasteiger partial charge < -0.3 is 15.2 Å². The first-order valence-corrected chi connectivity index (χ1v) is 9.39. The molecular weight excluding hydrogens is 392 g/mol. The fourth-order valence-corrected chi connectivity index (χ4v) is 4.10. The molecular formula is C21H17F2N5O2. The third-order valence-electron chi connectivity index (χ3n) is 5.63. The zero-order chi connectivity index (χ0) is 21.0. The standard InChI is InChI=1S/C21H17F2N5O2/c1-28(21(30)10-2-3-16-11(4-10)7-25-27-16)18-9-24-8-17-19(18)12-5-14(22)15(23)6-13(12)20(29)26-17/h2-7,18,24H,8-9H2,1H3,(H,25,27)(H,26,29). The number of hydrogen-bond donors (Lipinski definition) is 3. The molecule has 1 aliphatic rings. The van der Waals surface area contributed by atoms with E-state index in [0.29, 0.717) is 35.3 Å². The fraction of sp³-hybridized carbons (Fsp3) is 0.190. The molecule has 2 aromatic carbocycles. The molecule has 0 saturated carbocycles. The molecule has 152 valence electrons. The minimum absolute atomic E-state index is 0.0558. The van der Waals surface area contributed by atoms with E-state index in [0.717, 1.165) is 23.0 Å². The van der Waals surface area contributed by atoms with E-state index in [-0.39, 0.29) is 11.3 Å². The van der Waals surface area contributed by atoms with Gasteiger partial charge >= 0.3 is 0 Å². The molecule has 5 rings (SSSR count). The number of aromatic amines is 2. The molecule has 3 N–H and O–H groups in total. The molecule has 1 unspecified atom stereocenters. The number of halogens is 2. The number of likely N-dealkylation sites (N-methyl/N-ethyl adjacent to an activating group) is 1. The number of carbonyl (C=O) groups is 1. The van der Waals surface area contributed by atoms with Crippen LogP contribution < -0.4 is 10.9 Å². The van der Waals surface area contributed by atoms with Gasteiger partial charge in [-0.05, 0) is 35.7 Å². The van der Waals surface area contributed by atoms with Gasteiger partial charge in [0, 0.05) is 42.3 Å². The average Bonchev–Trinajstić information content (AvgIpc) is 3.21. The monoisotopic (exact) mass is 409 g/mol. The Morgan fingerprint density at radius 2 is 1.93 bits per heavy atom. The first kappa shape index (κ1) is 18.4. The van der Waals surface area contributed by atoms with Crippen LogP contribution in [0.25, 0.3) is 21.7 Å². The number of amides is 1. The molecule has 0 spiro atoms. The number of nitrogens with one attached hydrogen (secondary N) is 3. The molecule has 0 aliphatic carbocycles. The SMILES string of the molecule is CN(C(=O)c1ccc2[nH]ncc2c1)C1CNCc2[nH]c(=O)c3cc(F)c(F)cc3c21. The summed E-state index contributed by atoms with van der Waals surface area (Å²) < 4.78 is 27.8. The summed E-state index contributed by atoms with van der Waals surface area (Å²) in [5.41, 5.74) is 1.97. The van der Waals surface area contributed by atoms with Crippen molar-refractivity contribution in [1.29, 1.82) is 0 Å². The van der Waals surface area contributed by atoms with Gasteiger partial charge in [-0.15, -0.1) is 0 Å². The smallest absolute Gasteiger partial charge is 0.256 e. The van der Waals surface area contributed by atoms with Gasteiger partial charge in [0.25, 0.3) is 11.5 Å². The fourth-order valence-electron chi connectivity index (χ4n) is 4.10. The van der Waals surface area contributed by atoms with Crippen molar-refractivity contribution in [3.05, 3.63) is 75.3 Å². The highest BCUT2D eigenvalue weighted by molar-refractivity contribution is 5.98. The van der Waals surface area contributed by atoms with Gasteiger partial charge in [-0.2, -0.15) is 5.10 Å². The van der Waals surface area contributed by atoms with E-state index in [1.807, 2.05) is 0 Å². The van der Waals surface area contributed by atoms with Crippen LogP contribution in [0.4, 0.5) is 8.78 Å². The van der Waals surface area contributed by atoms with E-state index in [1.165, 1.54) is 0 Å². The van der Waals surface area contributed by atoms with Crippen molar-refractivity contribution in [2.75, 3.05) is 13.6 Å². The van der Waals surface area contributed by atoms with Gasteiger partial charge in [0.05, 0.1) is 23.1 Å². The zero-order valence-electron chi connectivity index (χ0n) is 15.9. The number of rotatable bonds is 2. The minimum Gasteiger partial charge on any atom is -0.333 e. The average molecular weight is 409 g/mol. The van der Waals surface area contributed by atoms with Crippen LogP contribution in [0.5, 0.6) is 0 Å². The van der Waals surface area contributed by atoms with Crippen LogP contribution in [0.2, 0.25) is 0 Å². The van der Waals surface area contributed by atoms with Crippen LogP contribution >= 0.6 is 0 Å². The van der Waals surface area contributed by atoms with Gasteiger partial charge in [0.1, 0.15) is 0 Å². The molecule has 9 heteroatoms. The quantitative estimate of drug-likeness (QED) is 0.474. The van der Waals surface area contributed by atoms with Crippen LogP contribution in [0.3, 0.4) is 0 Å². The highest BCUT2D eigenvalue weighted by Gasteiger charge is 2.30. The van der Waals surface area contributed by atoms with E-state index in [4.69, 9.17) is 0 Å². The lowest BCUT2D eigenvalue weighted by molar-refractivity contribution is 0.0723. The highest BCUT2D eigenvalue weighted by Crippen LogP contribution is 2.32. The van der Waals surface area contributed by atoms with Crippen LogP contribution in [0, 0.1) is 11.6 Å². The van der Waals surface area contributed by atoms with Crippen LogP contribution in [0.15, 0.2) is 41.3 Å². The van der Waals surface area contributed by atoms with E-state index >= 15 is 0 Å². The lowest BCUT2D eigenvalue weighted by Crippen LogP contribution is -2.42. The number of carbonyl (C=O) groups excluding carboxylic acids is 1. The largest absolute Gasteiger partial charge is 0.333 e. The Morgan fingerprint density at radius 3 is 2.73 bits per heavy atom. The Balaban J connectivity index is 1.62. The number of benzene rings is 2. The summed E-state index contributed by atoms with van der Waals surface area (Å²) in [6.45, 7) is 0.766. The number of fused-ring (bicyclic) bond motifs is 4. The molecule has 7 nitrogen and oxygen atoms in total. The van der Waals surface area contributed by atoms with Crippen LogP contribution in [-0.4, -0.2) is 39.6 Å². The number of aromatic nitrogens is 3. The Morgan fingerprint density at radius 1 is 1.17 bits per heavy atom. The Kier molecular flexibility index (Phi) is 4.14. The number of nitrogens with zero attached hydrogens (tertiary/aromatic N) is 2. The third kappa shape index (κ3) is 2.78. The molecule has 1 atom stereocenters. The second-order valence-electron chi connectivity index (χ2n) is 7.39. The van der Waals surface area contributed by atoms with E-state index < -0.39 is 23.2 Å². The van der Waals surface area contributed by atoms with E-state index in [1.54, 1.807) is 36.3 Å². The maximum Gasteiger partial charge on any atom is 0.256 e. The zero-order valence-corrected chi connectivity index (χ0v) is 15.9. The normalized spacial score (nSPS) is 16.0. The van der Waals surface area contributed by atoms with E-state index in [2.05, 4.69) is 20.5 Å². The summed E-state index contributed by atoms with van der Waals surface area (Å²) in [5.74, 6) is -2.36. The molecule has 0 fully saturated rings. The summed E-state index contributed by atoms with van der Waals surface area (Å²) in [6.07, 6.45) is 1.64. The van der Waals surface area contributed by atoms with Crippen molar-refractivity contribution in [3.8, 4) is 0 Å². The van der Waals surface area contributed by atoms with Crippen molar-refractivity contribution in [2.45, 2.75) is 12.6 Å². The molecule has 3 heterocycles. The molecule has 0 saturated heterocycles. The summed E-state index contributed by atoms with van der Waals surface area (Å²) in [7, 11) is 1.65. The molecule has 0 bridgehead atoms. The van der Waals surface area contributed by atoms with Gasteiger partial charge in [-0.3, -0.25) is 14.7 Å². The first-order chi connectivity index (χ1) is 14.4. The summed E-state index contributed by atoms with van der Waals surface area (Å²) in [4.78, 5) is 29.9. The topological polar surface area (TPSA) is 93.9 Å². The predicted molar refractivity (Wildman–Crippen MR) is 107 cm³/mol. The Bertz CT molecular complexity index is 1380. The van der Waals surface area contributed by atoms with Crippen molar-refractivity contribution in [3.63, 3.8) is 0 Å². The summed E-state index contributed by atoms with van der Waals surface area (Å²) in [5, 5.41) is 11.2. The van der Waals surface area contributed by atoms with Crippen molar-refractivity contribution < 1.29 is 13.6 Å². The van der Waals surface area contributed by atoms with Gasteiger partial charge in [-0.25, -0.2) is 8.78 Å². The van der Waals surface area contributed by atoms with Gasteiger partial charge in [0.15, 0.2) is 11.6 Å². The van der Waals surface area contributed by atoms with Gasteiger partial charge in [0.2, 0.25) is 0 Å². The maximum absolute atomic E-state index is 14.0. The molecule has 30 heavy (non-hydrogen) atoms. The number of hydrogen-bond acceptors (Lipinski definition) is 4.